The van der Waals surface area contributed by atoms with Crippen molar-refractivity contribution in [3.8, 4) is 0 Å². The Morgan fingerprint density at radius 3 is 2.29 bits per heavy atom. The smallest absolute Gasteiger partial charge is 0.266 e. The molecule has 1 aliphatic heterocycles. The summed E-state index contributed by atoms with van der Waals surface area (Å²) in [5.41, 5.74) is 0.901. The summed E-state index contributed by atoms with van der Waals surface area (Å²) in [5, 5.41) is 0. The maximum absolute atomic E-state index is 12.7. The van der Waals surface area contributed by atoms with Crippen molar-refractivity contribution in [2.75, 3.05) is 6.54 Å². The van der Waals surface area contributed by atoms with Gasteiger partial charge in [0.15, 0.2) is 0 Å². The standard InChI is InChI=1S/C16H21NO3S/c1-13-5-7-14(8-6-13)21(19,20)17-12-16(11-15(17)18)9-3-2-4-10-16/h5-8H,2-4,9-12H2,1H3. The Balaban J connectivity index is 1.89. The van der Waals surface area contributed by atoms with E-state index in [4.69, 9.17) is 0 Å². The van der Waals surface area contributed by atoms with E-state index in [2.05, 4.69) is 0 Å². The molecule has 2 fully saturated rings. The lowest BCUT2D eigenvalue weighted by molar-refractivity contribution is -0.124. The van der Waals surface area contributed by atoms with E-state index in [0.717, 1.165) is 35.6 Å². The number of amides is 1. The van der Waals surface area contributed by atoms with Crippen LogP contribution in [0.1, 0.15) is 44.1 Å². The lowest BCUT2D eigenvalue weighted by Crippen LogP contribution is -2.35. The van der Waals surface area contributed by atoms with Gasteiger partial charge < -0.3 is 0 Å². The first kappa shape index (κ1) is 14.6. The summed E-state index contributed by atoms with van der Waals surface area (Å²) in [5.74, 6) is -0.238. The van der Waals surface area contributed by atoms with Crippen LogP contribution < -0.4 is 0 Å². The Labute approximate surface area is 126 Å². The number of carbonyl (C=O) groups is 1. The molecule has 1 saturated carbocycles. The average Bonchev–Trinajstić information content (AvgIpc) is 2.77. The summed E-state index contributed by atoms with van der Waals surface area (Å²) in [7, 11) is -3.70. The van der Waals surface area contributed by atoms with Crippen LogP contribution in [0.2, 0.25) is 0 Å². The molecule has 0 N–H and O–H groups in total. The number of hydrogen-bond acceptors (Lipinski definition) is 3. The van der Waals surface area contributed by atoms with E-state index >= 15 is 0 Å². The third-order valence-corrected chi connectivity index (χ3v) is 6.59. The second kappa shape index (κ2) is 5.13. The number of sulfonamides is 1. The number of benzene rings is 1. The van der Waals surface area contributed by atoms with Crippen LogP contribution in [0.3, 0.4) is 0 Å². The maximum atomic E-state index is 12.7. The Hall–Kier alpha value is -1.36. The minimum Gasteiger partial charge on any atom is -0.274 e. The lowest BCUT2D eigenvalue weighted by atomic mass is 9.73. The van der Waals surface area contributed by atoms with E-state index in [0.29, 0.717) is 13.0 Å². The number of hydrogen-bond donors (Lipinski definition) is 0. The summed E-state index contributed by atoms with van der Waals surface area (Å²) in [4.78, 5) is 12.5. The van der Waals surface area contributed by atoms with Crippen molar-refractivity contribution in [3.63, 3.8) is 0 Å². The molecular weight excluding hydrogens is 286 g/mol. The third-order valence-electron chi connectivity index (χ3n) is 4.81. The largest absolute Gasteiger partial charge is 0.274 e. The Morgan fingerprint density at radius 1 is 1.05 bits per heavy atom. The van der Waals surface area contributed by atoms with Gasteiger partial charge in [-0.25, -0.2) is 12.7 Å². The second-order valence-corrected chi connectivity index (χ2v) is 8.32. The van der Waals surface area contributed by atoms with Gasteiger partial charge in [-0.2, -0.15) is 0 Å². The molecule has 3 rings (SSSR count). The normalized spacial score (nSPS) is 22.0. The van der Waals surface area contributed by atoms with Gasteiger partial charge in [0.25, 0.3) is 10.0 Å². The van der Waals surface area contributed by atoms with Crippen LogP contribution in [-0.4, -0.2) is 25.2 Å². The predicted octanol–water partition coefficient (Wildman–Crippen LogP) is 2.87. The summed E-state index contributed by atoms with van der Waals surface area (Å²) in [6.07, 6.45) is 5.73. The van der Waals surface area contributed by atoms with Gasteiger partial charge in [-0.05, 0) is 37.3 Å². The first-order valence-corrected chi connectivity index (χ1v) is 8.99. The zero-order valence-corrected chi connectivity index (χ0v) is 13.2. The third kappa shape index (κ3) is 2.59. The van der Waals surface area contributed by atoms with Crippen LogP contribution in [0, 0.1) is 12.3 Å². The second-order valence-electron chi connectivity index (χ2n) is 6.46. The van der Waals surface area contributed by atoms with Crippen molar-refractivity contribution in [2.45, 2.75) is 50.3 Å². The first-order valence-electron chi connectivity index (χ1n) is 7.55. The van der Waals surface area contributed by atoms with E-state index < -0.39 is 10.0 Å². The molecular formula is C16H21NO3S. The van der Waals surface area contributed by atoms with Crippen LogP contribution in [-0.2, 0) is 14.8 Å². The molecule has 1 spiro atoms. The highest BCUT2D eigenvalue weighted by molar-refractivity contribution is 7.89. The quantitative estimate of drug-likeness (QED) is 0.844. The Bertz CT molecular complexity index is 643. The summed E-state index contributed by atoms with van der Waals surface area (Å²) >= 11 is 0. The fourth-order valence-corrected chi connectivity index (χ4v) is 5.06. The van der Waals surface area contributed by atoms with Crippen LogP contribution in [0.5, 0.6) is 0 Å². The van der Waals surface area contributed by atoms with Gasteiger partial charge in [-0.3, -0.25) is 4.79 Å². The van der Waals surface area contributed by atoms with Crippen molar-refractivity contribution >= 4 is 15.9 Å². The van der Waals surface area contributed by atoms with Crippen molar-refractivity contribution in [1.29, 1.82) is 0 Å². The highest BCUT2D eigenvalue weighted by atomic mass is 32.2. The SMILES string of the molecule is Cc1ccc(S(=O)(=O)N2CC3(CCCCC3)CC2=O)cc1. The molecule has 1 amide bonds. The van der Waals surface area contributed by atoms with E-state index in [1.807, 2.05) is 6.92 Å². The van der Waals surface area contributed by atoms with Gasteiger partial charge in [0.2, 0.25) is 5.91 Å². The molecule has 0 radical (unpaired) electrons. The fourth-order valence-electron chi connectivity index (χ4n) is 3.55. The summed E-state index contributed by atoms with van der Waals surface area (Å²) in [6, 6.07) is 6.71. The van der Waals surface area contributed by atoms with Gasteiger partial charge in [0.05, 0.1) is 4.90 Å². The number of carbonyl (C=O) groups excluding carboxylic acids is 1. The molecule has 0 unspecified atom stereocenters. The molecule has 114 valence electrons. The first-order chi connectivity index (χ1) is 9.93. The summed E-state index contributed by atoms with van der Waals surface area (Å²) in [6.45, 7) is 2.27. The minimum atomic E-state index is -3.70. The Kier molecular flexibility index (Phi) is 3.56. The van der Waals surface area contributed by atoms with E-state index in [1.54, 1.807) is 24.3 Å². The fraction of sp³-hybridized carbons (Fsp3) is 0.562. The van der Waals surface area contributed by atoms with Crippen molar-refractivity contribution < 1.29 is 13.2 Å². The van der Waals surface area contributed by atoms with Crippen molar-refractivity contribution in [2.24, 2.45) is 5.41 Å². The molecule has 1 aromatic rings. The zero-order chi connectivity index (χ0) is 15.1. The number of rotatable bonds is 2. The van der Waals surface area contributed by atoms with Crippen molar-refractivity contribution in [3.05, 3.63) is 29.8 Å². The molecule has 1 aliphatic carbocycles. The summed E-state index contributed by atoms with van der Waals surface area (Å²) < 4.78 is 26.5. The molecule has 0 aromatic heterocycles. The minimum absolute atomic E-state index is 0.104. The predicted molar refractivity (Wildman–Crippen MR) is 80.2 cm³/mol. The van der Waals surface area contributed by atoms with Crippen molar-refractivity contribution in [1.82, 2.24) is 4.31 Å². The van der Waals surface area contributed by atoms with E-state index in [-0.39, 0.29) is 16.2 Å². The molecule has 1 heterocycles. The molecule has 0 atom stereocenters. The number of nitrogens with zero attached hydrogens (tertiary/aromatic N) is 1. The molecule has 5 heteroatoms. The van der Waals surface area contributed by atoms with Crippen LogP contribution in [0.4, 0.5) is 0 Å². The van der Waals surface area contributed by atoms with E-state index in [1.165, 1.54) is 6.42 Å². The van der Waals surface area contributed by atoms with Gasteiger partial charge in [0.1, 0.15) is 0 Å². The van der Waals surface area contributed by atoms with Crippen LogP contribution in [0.15, 0.2) is 29.2 Å². The van der Waals surface area contributed by atoms with Gasteiger partial charge in [-0.1, -0.05) is 37.0 Å². The molecule has 4 nitrogen and oxygen atoms in total. The van der Waals surface area contributed by atoms with Crippen LogP contribution >= 0.6 is 0 Å². The van der Waals surface area contributed by atoms with Gasteiger partial charge >= 0.3 is 0 Å². The number of aryl methyl sites for hydroxylation is 1. The monoisotopic (exact) mass is 307 g/mol. The van der Waals surface area contributed by atoms with Gasteiger partial charge in [0, 0.05) is 13.0 Å². The molecule has 1 saturated heterocycles. The van der Waals surface area contributed by atoms with Crippen LogP contribution in [0.25, 0.3) is 0 Å². The highest BCUT2D eigenvalue weighted by Gasteiger charge is 2.47. The maximum Gasteiger partial charge on any atom is 0.266 e. The van der Waals surface area contributed by atoms with Gasteiger partial charge in [-0.15, -0.1) is 0 Å². The molecule has 21 heavy (non-hydrogen) atoms. The molecule has 0 bridgehead atoms. The molecule has 1 aromatic carbocycles. The highest BCUT2D eigenvalue weighted by Crippen LogP contribution is 2.45. The topological polar surface area (TPSA) is 54.5 Å². The zero-order valence-electron chi connectivity index (χ0n) is 12.3. The molecule has 2 aliphatic rings. The Morgan fingerprint density at radius 2 is 1.67 bits per heavy atom. The lowest BCUT2D eigenvalue weighted by Gasteiger charge is -2.32. The van der Waals surface area contributed by atoms with E-state index in [9.17, 15) is 13.2 Å². The average molecular weight is 307 g/mol.